The molecule has 6 heteroatoms. The third kappa shape index (κ3) is 5.01. The summed E-state index contributed by atoms with van der Waals surface area (Å²) in [6, 6.07) is 7.66. The lowest BCUT2D eigenvalue weighted by atomic mass is 9.80. The van der Waals surface area contributed by atoms with E-state index in [1.165, 1.54) is 0 Å². The van der Waals surface area contributed by atoms with Crippen molar-refractivity contribution in [2.45, 2.75) is 46.1 Å². The first-order chi connectivity index (χ1) is 13.0. The van der Waals surface area contributed by atoms with Crippen molar-refractivity contribution in [3.8, 4) is 5.75 Å². The number of carbonyl (C=O) groups excluding carboxylic acids is 2. The van der Waals surface area contributed by atoms with Crippen molar-refractivity contribution in [3.63, 3.8) is 0 Å². The van der Waals surface area contributed by atoms with Gasteiger partial charge in [-0.25, -0.2) is 0 Å². The van der Waals surface area contributed by atoms with Crippen molar-refractivity contribution in [3.05, 3.63) is 29.8 Å². The third-order valence-corrected chi connectivity index (χ3v) is 5.98. The largest absolute Gasteiger partial charge is 0.497 e. The molecule has 0 aromatic heterocycles. The average Bonchev–Trinajstić information content (AvgIpc) is 2.74. The molecule has 0 saturated carbocycles. The highest BCUT2D eigenvalue weighted by Crippen LogP contribution is 2.30. The number of nitrogens with zero attached hydrogens (tertiary/aromatic N) is 1. The molecule has 27 heavy (non-hydrogen) atoms. The van der Waals surface area contributed by atoms with Gasteiger partial charge in [0.2, 0.25) is 11.8 Å². The monoisotopic (exact) mass is 375 g/mol. The average molecular weight is 376 g/mol. The minimum Gasteiger partial charge on any atom is -0.497 e. The van der Waals surface area contributed by atoms with Gasteiger partial charge in [0.05, 0.1) is 12.5 Å². The van der Waals surface area contributed by atoms with Gasteiger partial charge in [-0.15, -0.1) is 0 Å². The molecule has 1 heterocycles. The Bertz CT molecular complexity index is 610. The van der Waals surface area contributed by atoms with Gasteiger partial charge < -0.3 is 20.7 Å². The second-order valence-electron chi connectivity index (χ2n) is 7.32. The third-order valence-electron chi connectivity index (χ3n) is 5.98. The summed E-state index contributed by atoms with van der Waals surface area (Å²) in [6.07, 6.45) is 2.91. The Morgan fingerprint density at radius 3 is 2.26 bits per heavy atom. The topological polar surface area (TPSA) is 84.7 Å². The zero-order valence-corrected chi connectivity index (χ0v) is 16.8. The van der Waals surface area contributed by atoms with Gasteiger partial charge in [-0.1, -0.05) is 26.0 Å². The van der Waals surface area contributed by atoms with Crippen molar-refractivity contribution in [2.24, 2.45) is 17.1 Å². The van der Waals surface area contributed by atoms with E-state index in [1.807, 2.05) is 43.0 Å². The van der Waals surface area contributed by atoms with Crippen LogP contribution < -0.4 is 15.8 Å². The van der Waals surface area contributed by atoms with Crippen LogP contribution in [0.4, 0.5) is 0 Å². The van der Waals surface area contributed by atoms with Crippen LogP contribution in [0, 0.1) is 11.3 Å². The molecule has 0 unspecified atom stereocenters. The zero-order chi connectivity index (χ0) is 19.9. The first kappa shape index (κ1) is 21.2. The molecule has 1 aromatic rings. The lowest BCUT2D eigenvalue weighted by Crippen LogP contribution is -2.51. The van der Waals surface area contributed by atoms with Crippen LogP contribution in [0.3, 0.4) is 0 Å². The van der Waals surface area contributed by atoms with E-state index in [0.29, 0.717) is 39.0 Å². The summed E-state index contributed by atoms with van der Waals surface area (Å²) in [5.41, 5.74) is 6.49. The number of likely N-dealkylation sites (tertiary alicyclic amines) is 1. The number of hydrogen-bond acceptors (Lipinski definition) is 4. The van der Waals surface area contributed by atoms with Gasteiger partial charge in [-0.3, -0.25) is 9.59 Å². The lowest BCUT2D eigenvalue weighted by molar-refractivity contribution is -0.145. The number of carbonyl (C=O) groups is 2. The van der Waals surface area contributed by atoms with Crippen LogP contribution in [0.1, 0.15) is 45.1 Å². The summed E-state index contributed by atoms with van der Waals surface area (Å²) < 4.78 is 5.14. The number of amides is 2. The van der Waals surface area contributed by atoms with Crippen molar-refractivity contribution in [2.75, 3.05) is 26.7 Å². The van der Waals surface area contributed by atoms with E-state index in [0.717, 1.165) is 24.2 Å². The van der Waals surface area contributed by atoms with E-state index in [1.54, 1.807) is 7.11 Å². The van der Waals surface area contributed by atoms with Gasteiger partial charge in [0, 0.05) is 32.1 Å². The minimum atomic E-state index is -0.455. The summed E-state index contributed by atoms with van der Waals surface area (Å²) >= 11 is 0. The van der Waals surface area contributed by atoms with Gasteiger partial charge in [-0.2, -0.15) is 0 Å². The molecular formula is C21H33N3O3. The maximum atomic E-state index is 12.9. The molecule has 1 aliphatic rings. The molecule has 1 fully saturated rings. The summed E-state index contributed by atoms with van der Waals surface area (Å²) in [7, 11) is 1.63. The Hall–Kier alpha value is -2.08. The summed E-state index contributed by atoms with van der Waals surface area (Å²) in [5, 5.41) is 3.01. The number of nitrogens with two attached hydrogens (primary N) is 1. The Morgan fingerprint density at radius 2 is 1.78 bits per heavy atom. The van der Waals surface area contributed by atoms with Gasteiger partial charge in [0.1, 0.15) is 5.75 Å². The lowest BCUT2D eigenvalue weighted by Gasteiger charge is -2.38. The number of nitrogens with one attached hydrogen (secondary N) is 1. The van der Waals surface area contributed by atoms with Crippen molar-refractivity contribution in [1.29, 1.82) is 0 Å². The van der Waals surface area contributed by atoms with Crippen LogP contribution in [0.15, 0.2) is 24.3 Å². The van der Waals surface area contributed by atoms with Crippen molar-refractivity contribution < 1.29 is 14.3 Å². The van der Waals surface area contributed by atoms with E-state index < -0.39 is 5.41 Å². The Balaban J connectivity index is 1.83. The zero-order valence-electron chi connectivity index (χ0n) is 16.8. The standard InChI is InChI=1S/C21H33N3O3/c1-4-21(5-2,15-22)20(26)24-12-10-17(11-13-24)19(25)23-14-16-6-8-18(27-3)9-7-16/h6-9,17H,4-5,10-15,22H2,1-3H3,(H,23,25). The quantitative estimate of drug-likeness (QED) is 0.730. The molecule has 1 aliphatic heterocycles. The molecule has 3 N–H and O–H groups in total. The SMILES string of the molecule is CCC(CC)(CN)C(=O)N1CCC(C(=O)NCc2ccc(OC)cc2)CC1. The van der Waals surface area contributed by atoms with E-state index in [9.17, 15) is 9.59 Å². The van der Waals surface area contributed by atoms with Gasteiger partial charge in [-0.05, 0) is 43.4 Å². The highest BCUT2D eigenvalue weighted by molar-refractivity contribution is 5.84. The fourth-order valence-corrected chi connectivity index (χ4v) is 3.69. The Morgan fingerprint density at radius 1 is 1.19 bits per heavy atom. The van der Waals surface area contributed by atoms with Crippen LogP contribution in [0.5, 0.6) is 5.75 Å². The van der Waals surface area contributed by atoms with Gasteiger partial charge in [0.15, 0.2) is 0 Å². The summed E-state index contributed by atoms with van der Waals surface area (Å²) in [6.45, 7) is 6.18. The molecular weight excluding hydrogens is 342 g/mol. The summed E-state index contributed by atoms with van der Waals surface area (Å²) in [5.74, 6) is 0.971. The smallest absolute Gasteiger partial charge is 0.230 e. The van der Waals surface area contributed by atoms with Crippen molar-refractivity contribution >= 4 is 11.8 Å². The van der Waals surface area contributed by atoms with Crippen LogP contribution in [-0.2, 0) is 16.1 Å². The molecule has 2 amide bonds. The normalized spacial score (nSPS) is 15.5. The maximum absolute atomic E-state index is 12.9. The Kier molecular flexibility index (Phi) is 7.66. The fourth-order valence-electron chi connectivity index (χ4n) is 3.69. The van der Waals surface area contributed by atoms with Crippen LogP contribution >= 0.6 is 0 Å². The number of piperidine rings is 1. The highest BCUT2D eigenvalue weighted by Gasteiger charge is 2.38. The highest BCUT2D eigenvalue weighted by atomic mass is 16.5. The van der Waals surface area contributed by atoms with Gasteiger partial charge in [0.25, 0.3) is 0 Å². The first-order valence-electron chi connectivity index (χ1n) is 9.89. The van der Waals surface area contributed by atoms with E-state index >= 15 is 0 Å². The summed E-state index contributed by atoms with van der Waals surface area (Å²) in [4.78, 5) is 27.3. The molecule has 0 bridgehead atoms. The van der Waals surface area contributed by atoms with Crippen LogP contribution in [0.2, 0.25) is 0 Å². The molecule has 1 aromatic carbocycles. The Labute approximate surface area is 162 Å². The second kappa shape index (κ2) is 9.74. The molecule has 150 valence electrons. The van der Waals surface area contributed by atoms with E-state index in [-0.39, 0.29) is 17.7 Å². The van der Waals surface area contributed by atoms with E-state index in [2.05, 4.69) is 5.32 Å². The van der Waals surface area contributed by atoms with Crippen molar-refractivity contribution in [1.82, 2.24) is 10.2 Å². The number of benzene rings is 1. The molecule has 0 atom stereocenters. The van der Waals surface area contributed by atoms with E-state index in [4.69, 9.17) is 10.5 Å². The number of ether oxygens (including phenoxy) is 1. The van der Waals surface area contributed by atoms with Crippen LogP contribution in [-0.4, -0.2) is 43.5 Å². The molecule has 6 nitrogen and oxygen atoms in total. The minimum absolute atomic E-state index is 0.0390. The molecule has 1 saturated heterocycles. The number of methoxy groups -OCH3 is 1. The maximum Gasteiger partial charge on any atom is 0.230 e. The second-order valence-corrected chi connectivity index (χ2v) is 7.32. The molecule has 0 spiro atoms. The number of hydrogen-bond donors (Lipinski definition) is 2. The predicted molar refractivity (Wildman–Crippen MR) is 106 cm³/mol. The van der Waals surface area contributed by atoms with Gasteiger partial charge >= 0.3 is 0 Å². The van der Waals surface area contributed by atoms with Crippen LogP contribution in [0.25, 0.3) is 0 Å². The first-order valence-corrected chi connectivity index (χ1v) is 9.89. The fraction of sp³-hybridized carbons (Fsp3) is 0.619. The number of rotatable bonds is 8. The molecule has 2 rings (SSSR count). The predicted octanol–water partition coefficient (Wildman–Crippen LogP) is 2.32. The molecule has 0 radical (unpaired) electrons. The molecule has 0 aliphatic carbocycles.